The van der Waals surface area contributed by atoms with Crippen molar-refractivity contribution in [1.29, 1.82) is 0 Å². The van der Waals surface area contributed by atoms with E-state index in [1.807, 2.05) is 41.5 Å². The molecule has 0 rings (SSSR count). The summed E-state index contributed by atoms with van der Waals surface area (Å²) in [5.74, 6) is -3.63. The van der Waals surface area contributed by atoms with Crippen molar-refractivity contribution in [3.05, 3.63) is 25.7 Å². The quantitative estimate of drug-likeness (QED) is 0.0748. The number of hydrogen-bond donors (Lipinski definition) is 3. The molecule has 3 N–H and O–H groups in total. The minimum atomic E-state index is -0.833. The smallest absolute Gasteiger partial charge is 0.481 e. The van der Waals surface area contributed by atoms with E-state index in [0.717, 1.165) is 26.4 Å². The summed E-state index contributed by atoms with van der Waals surface area (Å²) >= 11 is 0. The zero-order valence-electron chi connectivity index (χ0n) is 27.9. The van der Waals surface area contributed by atoms with E-state index in [0.29, 0.717) is 44.9 Å². The van der Waals surface area contributed by atoms with Crippen LogP contribution in [0.3, 0.4) is 0 Å². The predicted octanol–water partition coefficient (Wildman–Crippen LogP) is 5.42. The van der Waals surface area contributed by atoms with Crippen LogP contribution in [-0.4, -0.2) is 68.3 Å². The first kappa shape index (κ1) is 54.0. The fourth-order valence-corrected chi connectivity index (χ4v) is 2.14. The molecule has 0 spiro atoms. The average Bonchev–Trinajstić information content (AvgIpc) is 2.77. The molecule has 0 atom stereocenters. The first-order valence-electron chi connectivity index (χ1n) is 13.5. The molecule has 0 aliphatic rings. The number of carbonyl (C=O) groups excluding carboxylic acids is 4. The van der Waals surface area contributed by atoms with Crippen molar-refractivity contribution in [2.75, 3.05) is 0 Å². The van der Waals surface area contributed by atoms with E-state index in [1.54, 1.807) is 0 Å². The van der Waals surface area contributed by atoms with Gasteiger partial charge in [0, 0.05) is 46.5 Å². The van der Waals surface area contributed by atoms with Gasteiger partial charge in [0.25, 0.3) is 11.9 Å². The summed E-state index contributed by atoms with van der Waals surface area (Å²) in [7, 11) is 0. The molecule has 45 heavy (non-hydrogen) atoms. The van der Waals surface area contributed by atoms with E-state index >= 15 is 0 Å². The van der Waals surface area contributed by atoms with Crippen LogP contribution >= 0.6 is 0 Å². The summed E-state index contributed by atoms with van der Waals surface area (Å²) in [5.41, 5.74) is -0.900. The molecule has 0 heterocycles. The third kappa shape index (κ3) is 85.5. The third-order valence-electron chi connectivity index (χ3n) is 3.34. The number of ether oxygens (including phenoxy) is 4. The van der Waals surface area contributed by atoms with Crippen LogP contribution in [0, 0.1) is 0 Å². The molecule has 0 unspecified atom stereocenters. The maximum atomic E-state index is 11.3. The van der Waals surface area contributed by atoms with Crippen molar-refractivity contribution in [3.8, 4) is 0 Å². The van der Waals surface area contributed by atoms with Crippen LogP contribution in [0.15, 0.2) is 25.7 Å². The number of unbranched alkanes of at least 4 members (excludes halogenated alkanes) is 2. The fourth-order valence-electron chi connectivity index (χ4n) is 2.14. The first-order valence-corrected chi connectivity index (χ1v) is 13.5. The number of carboxylic acids is 3. The van der Waals surface area contributed by atoms with Gasteiger partial charge in [-0.1, -0.05) is 13.2 Å². The number of carbonyl (C=O) groups is 7. The van der Waals surface area contributed by atoms with Crippen LogP contribution in [0.25, 0.3) is 0 Å². The second kappa shape index (κ2) is 33.3. The standard InChI is InChI=1S/C12H20O4.C10H18O4.C4H6O2.2C2H4O2.Pd/c1-5-15-10(13)8-6-7-9-11(14)16-12(2,3)4;1-10(2,3)14-9(13)7-5-4-6-8(11)12;1-3-6-4(2)5;2*1-2(3)4;/h5H,1,6-9H2,2-4H3;4-7H2,1-3H3,(H,11,12);3H,1H2,2H3;2*1H3,(H,3,4);/q;;;;;+2. The van der Waals surface area contributed by atoms with E-state index in [2.05, 4.69) is 22.6 Å². The Hall–Kier alpha value is -3.57. The Labute approximate surface area is 280 Å². The average molecular weight is 743 g/mol. The topological polar surface area (TPSA) is 217 Å². The van der Waals surface area contributed by atoms with Gasteiger partial charge < -0.3 is 34.3 Å². The van der Waals surface area contributed by atoms with Gasteiger partial charge in [-0.3, -0.25) is 33.6 Å². The fraction of sp³-hybridized carbons (Fsp3) is 0.633. The van der Waals surface area contributed by atoms with E-state index in [4.69, 9.17) is 34.4 Å². The molecule has 14 nitrogen and oxygen atoms in total. The van der Waals surface area contributed by atoms with E-state index in [9.17, 15) is 24.0 Å². The number of aliphatic carboxylic acids is 3. The van der Waals surface area contributed by atoms with Gasteiger partial charge in [-0.25, -0.2) is 0 Å². The van der Waals surface area contributed by atoms with Crippen LogP contribution in [0.5, 0.6) is 0 Å². The van der Waals surface area contributed by atoms with Crippen molar-refractivity contribution < 1.29 is 88.3 Å². The molecule has 0 aromatic carbocycles. The molecule has 0 saturated heterocycles. The summed E-state index contributed by atoms with van der Waals surface area (Å²) in [6.07, 6.45) is 5.59. The Morgan fingerprint density at radius 2 is 0.822 bits per heavy atom. The summed E-state index contributed by atoms with van der Waals surface area (Å²) in [4.78, 5) is 71.2. The first-order chi connectivity index (χ1) is 19.9. The van der Waals surface area contributed by atoms with Crippen LogP contribution < -0.4 is 0 Å². The Kier molecular flexibility index (Phi) is 40.0. The number of esters is 4. The molecule has 264 valence electrons. The van der Waals surface area contributed by atoms with Gasteiger partial charge in [-0.2, -0.15) is 0 Å². The van der Waals surface area contributed by atoms with Crippen molar-refractivity contribution in [3.63, 3.8) is 0 Å². The predicted molar refractivity (Wildman–Crippen MR) is 161 cm³/mol. The van der Waals surface area contributed by atoms with Gasteiger partial charge in [0.05, 0.1) is 12.5 Å². The van der Waals surface area contributed by atoms with Crippen molar-refractivity contribution in [2.24, 2.45) is 0 Å². The Morgan fingerprint density at radius 3 is 1.02 bits per heavy atom. The van der Waals surface area contributed by atoms with E-state index < -0.39 is 29.1 Å². The van der Waals surface area contributed by atoms with Crippen molar-refractivity contribution in [1.82, 2.24) is 0 Å². The van der Waals surface area contributed by atoms with Gasteiger partial charge in [-0.05, 0) is 67.2 Å². The molecule has 0 aromatic heterocycles. The largest absolute Gasteiger partial charge is 2.00 e. The number of hydrogen-bond acceptors (Lipinski definition) is 11. The second-order valence-corrected chi connectivity index (χ2v) is 10.5. The van der Waals surface area contributed by atoms with Crippen LogP contribution in [0.2, 0.25) is 0 Å². The number of carboxylic acid groups (broad SMARTS) is 3. The minimum Gasteiger partial charge on any atom is -0.481 e. The van der Waals surface area contributed by atoms with Crippen molar-refractivity contribution in [2.45, 2.75) is 125 Å². The summed E-state index contributed by atoms with van der Waals surface area (Å²) in [6.45, 7) is 20.8. The molecule has 0 bridgehead atoms. The van der Waals surface area contributed by atoms with Crippen LogP contribution in [0.1, 0.15) is 114 Å². The van der Waals surface area contributed by atoms with Gasteiger partial charge in [0.15, 0.2) is 0 Å². The molecule has 15 heteroatoms. The molecule has 0 amide bonds. The maximum absolute atomic E-state index is 11.3. The van der Waals surface area contributed by atoms with Crippen molar-refractivity contribution >= 4 is 41.8 Å². The number of rotatable bonds is 12. The molecule has 0 aliphatic heterocycles. The van der Waals surface area contributed by atoms with Gasteiger partial charge >= 0.3 is 50.3 Å². The van der Waals surface area contributed by atoms with Gasteiger partial charge in [-0.15, -0.1) is 0 Å². The molecule has 0 radical (unpaired) electrons. The summed E-state index contributed by atoms with van der Waals surface area (Å²) in [6, 6.07) is 0. The monoisotopic (exact) mass is 742 g/mol. The molecule has 0 saturated carbocycles. The molecule has 0 aliphatic carbocycles. The van der Waals surface area contributed by atoms with Crippen LogP contribution in [-0.2, 0) is 72.9 Å². The van der Waals surface area contributed by atoms with Gasteiger partial charge in [0.1, 0.15) is 11.2 Å². The Morgan fingerprint density at radius 1 is 0.556 bits per heavy atom. The van der Waals surface area contributed by atoms with Gasteiger partial charge in [0.2, 0.25) is 0 Å². The summed E-state index contributed by atoms with van der Waals surface area (Å²) < 4.78 is 18.9. The normalized spacial score (nSPS) is 9.27. The van der Waals surface area contributed by atoms with Crippen LogP contribution in [0.4, 0.5) is 0 Å². The third-order valence-corrected chi connectivity index (χ3v) is 3.34. The Balaban J connectivity index is -0.000000118. The molecule has 0 aromatic rings. The minimum absolute atomic E-state index is 0. The zero-order chi connectivity index (χ0) is 35.9. The molecule has 0 fully saturated rings. The van der Waals surface area contributed by atoms with E-state index in [1.165, 1.54) is 6.92 Å². The maximum Gasteiger partial charge on any atom is 2.00 e. The zero-order valence-corrected chi connectivity index (χ0v) is 29.4. The molecular weight excluding hydrogens is 691 g/mol. The SMILES string of the molecule is C=COC(=O)CCCCC(=O)OC(C)(C)C.C=COC(C)=O.CC(=O)O.CC(=O)O.CC(C)(C)OC(=O)CCCCC(=O)O.[Pd+2]. The molecular formula is C30H52O14Pd+2. The second-order valence-electron chi connectivity index (χ2n) is 10.5. The summed E-state index contributed by atoms with van der Waals surface area (Å²) in [5, 5.41) is 23.2. The van der Waals surface area contributed by atoms with E-state index in [-0.39, 0.29) is 50.7 Å². The Bertz CT molecular complexity index is 864.